The van der Waals surface area contributed by atoms with Gasteiger partial charge in [-0.2, -0.15) is 0 Å². The first kappa shape index (κ1) is 17.7. The van der Waals surface area contributed by atoms with Crippen molar-refractivity contribution in [1.82, 2.24) is 4.90 Å². The van der Waals surface area contributed by atoms with Crippen LogP contribution in [0.4, 0.5) is 5.69 Å². The number of para-hydroxylation sites is 1. The fourth-order valence-electron chi connectivity index (χ4n) is 3.04. The minimum Gasteiger partial charge on any atom is -0.469 e. The van der Waals surface area contributed by atoms with Crippen LogP contribution in [-0.4, -0.2) is 35.8 Å². The minimum absolute atomic E-state index is 0.150. The van der Waals surface area contributed by atoms with E-state index in [1.54, 1.807) is 23.1 Å². The molecular weight excluding hydrogens is 330 g/mol. The number of nitrogens with two attached hydrogens (primary N) is 1. The molecule has 6 nitrogen and oxygen atoms in total. The van der Waals surface area contributed by atoms with Crippen LogP contribution >= 0.6 is 0 Å². The molecule has 134 valence electrons. The van der Waals surface area contributed by atoms with Gasteiger partial charge in [-0.3, -0.25) is 9.59 Å². The van der Waals surface area contributed by atoms with Crippen molar-refractivity contribution in [3.63, 3.8) is 0 Å². The predicted octanol–water partition coefficient (Wildman–Crippen LogP) is 2.65. The molecular formula is C20H21N3O3. The Labute approximate surface area is 152 Å². The molecule has 0 aromatic heterocycles. The van der Waals surface area contributed by atoms with Gasteiger partial charge in [-0.05, 0) is 24.1 Å². The van der Waals surface area contributed by atoms with Gasteiger partial charge in [-0.25, -0.2) is 4.99 Å². The average molecular weight is 351 g/mol. The third-order valence-electron chi connectivity index (χ3n) is 4.41. The van der Waals surface area contributed by atoms with Crippen molar-refractivity contribution in [2.75, 3.05) is 7.11 Å². The van der Waals surface area contributed by atoms with Crippen molar-refractivity contribution in [3.8, 4) is 0 Å². The predicted molar refractivity (Wildman–Crippen MR) is 99.1 cm³/mol. The number of amides is 1. The standard InChI is InChI=1S/C20H21N3O3/c1-26-18(24)12-11-17-19(21)22-16-10-6-5-9-15(16)20(25)23(17)13-14-7-3-2-4-8-14/h2-10,17H,11-13H2,1H3,(H2,21,22)/t17-/m0/s1. The Bertz CT molecular complexity index is 833. The number of benzene rings is 2. The zero-order valence-electron chi connectivity index (χ0n) is 14.6. The number of hydrogen-bond acceptors (Lipinski definition) is 5. The Morgan fingerprint density at radius 2 is 1.85 bits per heavy atom. The first-order chi connectivity index (χ1) is 12.6. The summed E-state index contributed by atoms with van der Waals surface area (Å²) in [6.07, 6.45) is 0.515. The van der Waals surface area contributed by atoms with Crippen molar-refractivity contribution < 1.29 is 14.3 Å². The van der Waals surface area contributed by atoms with Crippen LogP contribution in [0.3, 0.4) is 0 Å². The molecule has 0 bridgehead atoms. The second-order valence-electron chi connectivity index (χ2n) is 6.10. The van der Waals surface area contributed by atoms with Gasteiger partial charge in [0.15, 0.2) is 0 Å². The summed E-state index contributed by atoms with van der Waals surface area (Å²) >= 11 is 0. The second-order valence-corrected chi connectivity index (χ2v) is 6.10. The molecule has 26 heavy (non-hydrogen) atoms. The van der Waals surface area contributed by atoms with Crippen molar-refractivity contribution >= 4 is 23.4 Å². The number of nitrogens with zero attached hydrogens (tertiary/aromatic N) is 2. The summed E-state index contributed by atoms with van der Waals surface area (Å²) in [4.78, 5) is 30.9. The summed E-state index contributed by atoms with van der Waals surface area (Å²) in [5.41, 5.74) is 8.27. The lowest BCUT2D eigenvalue weighted by Gasteiger charge is -2.30. The number of amidine groups is 1. The van der Waals surface area contributed by atoms with Gasteiger partial charge in [0.1, 0.15) is 5.84 Å². The van der Waals surface area contributed by atoms with Crippen LogP contribution in [0.25, 0.3) is 0 Å². The normalized spacial score (nSPS) is 16.5. The number of carbonyl (C=O) groups excluding carboxylic acids is 2. The molecule has 1 aliphatic rings. The van der Waals surface area contributed by atoms with E-state index in [1.165, 1.54) is 7.11 Å². The van der Waals surface area contributed by atoms with Gasteiger partial charge in [-0.1, -0.05) is 42.5 Å². The number of ether oxygens (including phenoxy) is 1. The van der Waals surface area contributed by atoms with Gasteiger partial charge in [-0.15, -0.1) is 0 Å². The largest absolute Gasteiger partial charge is 0.469 e. The molecule has 1 amide bonds. The van der Waals surface area contributed by atoms with Crippen molar-refractivity contribution in [2.45, 2.75) is 25.4 Å². The summed E-state index contributed by atoms with van der Waals surface area (Å²) in [6.45, 7) is 0.385. The maximum atomic E-state index is 13.2. The van der Waals surface area contributed by atoms with E-state index in [9.17, 15) is 9.59 Å². The highest BCUT2D eigenvalue weighted by molar-refractivity contribution is 6.05. The highest BCUT2D eigenvalue weighted by Gasteiger charge is 2.32. The van der Waals surface area contributed by atoms with Gasteiger partial charge in [0, 0.05) is 13.0 Å². The third-order valence-corrected chi connectivity index (χ3v) is 4.41. The molecule has 0 aliphatic carbocycles. The monoisotopic (exact) mass is 351 g/mol. The highest BCUT2D eigenvalue weighted by atomic mass is 16.5. The van der Waals surface area contributed by atoms with Crippen LogP contribution in [-0.2, 0) is 16.1 Å². The first-order valence-electron chi connectivity index (χ1n) is 8.45. The van der Waals surface area contributed by atoms with Crippen molar-refractivity contribution in [3.05, 3.63) is 65.7 Å². The third kappa shape index (κ3) is 3.74. The molecule has 0 unspecified atom stereocenters. The van der Waals surface area contributed by atoms with E-state index >= 15 is 0 Å². The van der Waals surface area contributed by atoms with E-state index in [4.69, 9.17) is 10.5 Å². The topological polar surface area (TPSA) is 85.0 Å². The maximum Gasteiger partial charge on any atom is 0.305 e. The van der Waals surface area contributed by atoms with Crippen molar-refractivity contribution in [2.24, 2.45) is 10.7 Å². The zero-order chi connectivity index (χ0) is 18.5. The zero-order valence-corrected chi connectivity index (χ0v) is 14.6. The molecule has 1 aliphatic heterocycles. The molecule has 2 aromatic carbocycles. The van der Waals surface area contributed by atoms with Crippen LogP contribution in [0.15, 0.2) is 59.6 Å². The Hall–Kier alpha value is -3.15. The number of aliphatic imine (C=N–C) groups is 1. The number of fused-ring (bicyclic) bond motifs is 1. The number of esters is 1. The molecule has 1 atom stereocenters. The van der Waals surface area contributed by atoms with Gasteiger partial charge in [0.2, 0.25) is 0 Å². The van der Waals surface area contributed by atoms with E-state index in [0.29, 0.717) is 30.1 Å². The van der Waals surface area contributed by atoms with E-state index in [2.05, 4.69) is 4.99 Å². The molecule has 1 heterocycles. The lowest BCUT2D eigenvalue weighted by atomic mass is 10.1. The molecule has 0 saturated heterocycles. The van der Waals surface area contributed by atoms with E-state index < -0.39 is 6.04 Å². The summed E-state index contributed by atoms with van der Waals surface area (Å²) < 4.78 is 4.73. The lowest BCUT2D eigenvalue weighted by Crippen LogP contribution is -2.46. The molecule has 0 spiro atoms. The lowest BCUT2D eigenvalue weighted by molar-refractivity contribution is -0.140. The Kier molecular flexibility index (Phi) is 5.31. The number of carbonyl (C=O) groups is 2. The molecule has 2 aromatic rings. The van der Waals surface area contributed by atoms with Crippen LogP contribution in [0.5, 0.6) is 0 Å². The summed E-state index contributed by atoms with van der Waals surface area (Å²) in [5, 5.41) is 0. The van der Waals surface area contributed by atoms with Crippen LogP contribution in [0.2, 0.25) is 0 Å². The fraction of sp³-hybridized carbons (Fsp3) is 0.250. The molecule has 0 saturated carbocycles. The molecule has 3 rings (SSSR count). The number of hydrogen-bond donors (Lipinski definition) is 1. The van der Waals surface area contributed by atoms with Gasteiger partial charge < -0.3 is 15.4 Å². The minimum atomic E-state index is -0.478. The Morgan fingerprint density at radius 3 is 2.58 bits per heavy atom. The van der Waals surface area contributed by atoms with Gasteiger partial charge in [0.25, 0.3) is 5.91 Å². The molecule has 6 heteroatoms. The van der Waals surface area contributed by atoms with Crippen LogP contribution < -0.4 is 5.73 Å². The SMILES string of the molecule is COC(=O)CC[C@H]1C(N)=Nc2ccccc2C(=O)N1Cc1ccccc1. The summed E-state index contributed by atoms with van der Waals surface area (Å²) in [5.74, 6) is -0.168. The van der Waals surface area contributed by atoms with Crippen molar-refractivity contribution in [1.29, 1.82) is 0 Å². The van der Waals surface area contributed by atoms with Gasteiger partial charge >= 0.3 is 5.97 Å². The van der Waals surface area contributed by atoms with E-state index in [-0.39, 0.29) is 18.3 Å². The molecule has 2 N–H and O–H groups in total. The smallest absolute Gasteiger partial charge is 0.305 e. The van der Waals surface area contributed by atoms with Crippen LogP contribution in [0, 0.1) is 0 Å². The van der Waals surface area contributed by atoms with Gasteiger partial charge in [0.05, 0.1) is 24.4 Å². The fourth-order valence-corrected chi connectivity index (χ4v) is 3.04. The Morgan fingerprint density at radius 1 is 1.15 bits per heavy atom. The second kappa shape index (κ2) is 7.82. The number of rotatable bonds is 5. The van der Waals surface area contributed by atoms with Crippen LogP contribution in [0.1, 0.15) is 28.8 Å². The quantitative estimate of drug-likeness (QED) is 0.839. The summed E-state index contributed by atoms with van der Waals surface area (Å²) in [7, 11) is 1.34. The number of methoxy groups -OCH3 is 1. The maximum absolute atomic E-state index is 13.2. The van der Waals surface area contributed by atoms with E-state index in [0.717, 1.165) is 5.56 Å². The highest BCUT2D eigenvalue weighted by Crippen LogP contribution is 2.27. The van der Waals surface area contributed by atoms with E-state index in [1.807, 2.05) is 36.4 Å². The summed E-state index contributed by atoms with van der Waals surface area (Å²) in [6, 6.07) is 16.3. The first-order valence-corrected chi connectivity index (χ1v) is 8.45. The average Bonchev–Trinajstić information content (AvgIpc) is 2.76. The Balaban J connectivity index is 1.97. The molecule has 0 fully saturated rings. The molecule has 0 radical (unpaired) electrons.